The van der Waals surface area contributed by atoms with Gasteiger partial charge in [-0.25, -0.2) is 7.69 Å². The van der Waals surface area contributed by atoms with Crippen molar-refractivity contribution in [1.82, 2.24) is 0 Å². The second kappa shape index (κ2) is 22.7. The third kappa shape index (κ3) is 22.5. The molecule has 0 unspecified atom stereocenters. The zero-order valence-electron chi connectivity index (χ0n) is 8.17. The number of hydrogen-bond acceptors (Lipinski definition) is 3. The Morgan fingerprint density at radius 3 is 1.17 bits per heavy atom. The average molecular weight is 203 g/mol. The molecule has 69 valence electrons. The first-order valence-corrected chi connectivity index (χ1v) is 5.77. The van der Waals surface area contributed by atoms with Crippen molar-refractivity contribution in [3.63, 3.8) is 0 Å². The zero-order valence-corrected chi connectivity index (χ0v) is 10.6. The molecule has 0 atom stereocenters. The Labute approximate surface area is 93.5 Å². The van der Waals surface area contributed by atoms with Crippen LogP contribution in [0.4, 0.5) is 0 Å². The molecule has 12 heavy (non-hydrogen) atoms. The summed E-state index contributed by atoms with van der Waals surface area (Å²) in [7, 11) is -0.363. The fraction of sp³-hybridized carbons (Fsp3) is 1.00. The predicted molar refractivity (Wildman–Crippen MR) is 53.4 cm³/mol. The van der Waals surface area contributed by atoms with Crippen molar-refractivity contribution in [2.75, 3.05) is 18.5 Å². The summed E-state index contributed by atoms with van der Waals surface area (Å²) in [5.74, 6) is 0. The van der Waals surface area contributed by atoms with Crippen LogP contribution < -0.4 is 10.0 Å². The van der Waals surface area contributed by atoms with Crippen LogP contribution in [0, 0.1) is 0 Å². The summed E-state index contributed by atoms with van der Waals surface area (Å²) in [6.45, 7) is 6.92. The van der Waals surface area contributed by atoms with Crippen molar-refractivity contribution in [1.29, 1.82) is 0 Å². The minimum atomic E-state index is -0.500. The molecule has 3 nitrogen and oxygen atoms in total. The molecule has 0 aromatic heterocycles. The Balaban J connectivity index is -0.0000000569. The molecule has 0 aliphatic rings. The standard InChI is InChI=1S/C6H15P.BO2.Mg.H2O/c1-4-7(5-2)6-3;2-1-3;;/h4-6H2,1-3H3;;;1H2/q;-2;+2;. The predicted octanol–water partition coefficient (Wildman–Crippen LogP) is -1.06. The van der Waals surface area contributed by atoms with Crippen LogP contribution in [0.25, 0.3) is 0 Å². The molecular formula is C6H17BMgO3P. The van der Waals surface area contributed by atoms with Crippen molar-refractivity contribution >= 4 is 38.7 Å². The van der Waals surface area contributed by atoms with E-state index in [1.807, 2.05) is 0 Å². The Morgan fingerprint density at radius 1 is 1.00 bits per heavy atom. The van der Waals surface area contributed by atoms with Crippen molar-refractivity contribution < 1.29 is 15.5 Å². The van der Waals surface area contributed by atoms with E-state index in [1.54, 1.807) is 0 Å². The second-order valence-electron chi connectivity index (χ2n) is 1.91. The van der Waals surface area contributed by atoms with Gasteiger partial charge in [0.05, 0.1) is 18.5 Å². The van der Waals surface area contributed by atoms with Crippen LogP contribution >= 0.6 is 7.92 Å². The van der Waals surface area contributed by atoms with Gasteiger partial charge in [-0.1, -0.05) is 0 Å². The monoisotopic (exact) mass is 203 g/mol. The van der Waals surface area contributed by atoms with Crippen molar-refractivity contribution in [3.8, 4) is 0 Å². The van der Waals surface area contributed by atoms with Gasteiger partial charge in [-0.15, -0.1) is 0 Å². The van der Waals surface area contributed by atoms with Gasteiger partial charge < -0.3 is 15.5 Å². The van der Waals surface area contributed by atoms with Gasteiger partial charge in [-0.2, -0.15) is 0 Å². The molecule has 0 spiro atoms. The first-order chi connectivity index (χ1) is 4.76. The van der Waals surface area contributed by atoms with E-state index in [0.29, 0.717) is 0 Å². The number of rotatable bonds is 3. The summed E-state index contributed by atoms with van der Waals surface area (Å²) in [5, 5.41) is 16.5. The largest absolute Gasteiger partial charge is 2.00 e. The minimum Gasteiger partial charge on any atom is -0.900 e. The smallest absolute Gasteiger partial charge is 0.900 e. The fourth-order valence-corrected chi connectivity index (χ4v) is 2.25. The van der Waals surface area contributed by atoms with Crippen molar-refractivity contribution in [2.24, 2.45) is 0 Å². The third-order valence-electron chi connectivity index (χ3n) is 1.50. The summed E-state index contributed by atoms with van der Waals surface area (Å²) in [5.41, 5.74) is 0. The Hall–Kier alpha value is 1.14. The zero-order chi connectivity index (χ0) is 8.41. The van der Waals surface area contributed by atoms with Gasteiger partial charge in [0.15, 0.2) is 0 Å². The van der Waals surface area contributed by atoms with Crippen LogP contribution in [0.15, 0.2) is 0 Å². The normalized spacial score (nSPS) is 7.17. The van der Waals surface area contributed by atoms with Gasteiger partial charge in [0, 0.05) is 0 Å². The molecule has 0 aromatic rings. The summed E-state index contributed by atoms with van der Waals surface area (Å²) in [4.78, 5) is 0. The molecule has 0 heterocycles. The molecular weight excluding hydrogens is 186 g/mol. The second-order valence-corrected chi connectivity index (χ2v) is 5.53. The molecule has 0 saturated heterocycles. The molecule has 6 heteroatoms. The summed E-state index contributed by atoms with van der Waals surface area (Å²) in [6.07, 6.45) is 4.37. The van der Waals surface area contributed by atoms with E-state index in [0.717, 1.165) is 0 Å². The van der Waals surface area contributed by atoms with Crippen LogP contribution in [0.3, 0.4) is 0 Å². The van der Waals surface area contributed by atoms with Gasteiger partial charge in [-0.05, 0) is 28.7 Å². The molecule has 0 aliphatic heterocycles. The van der Waals surface area contributed by atoms with Gasteiger partial charge in [-0.3, -0.25) is 0 Å². The Kier molecular flexibility index (Phi) is 43.9. The van der Waals surface area contributed by atoms with Crippen LogP contribution in [-0.2, 0) is 0 Å². The molecule has 0 aliphatic carbocycles. The van der Waals surface area contributed by atoms with Gasteiger partial charge in [0.25, 0.3) is 0 Å². The van der Waals surface area contributed by atoms with Crippen LogP contribution in [0.2, 0.25) is 0 Å². The topological polar surface area (TPSA) is 76.1 Å². The molecule has 1 radical (unpaired) electrons. The van der Waals surface area contributed by atoms with Crippen molar-refractivity contribution in [3.05, 3.63) is 0 Å². The maximum atomic E-state index is 8.25. The first-order valence-electron chi connectivity index (χ1n) is 3.65. The van der Waals surface area contributed by atoms with E-state index in [9.17, 15) is 0 Å². The van der Waals surface area contributed by atoms with Crippen molar-refractivity contribution in [2.45, 2.75) is 20.8 Å². The van der Waals surface area contributed by atoms with E-state index in [2.05, 4.69) is 20.8 Å². The quantitative estimate of drug-likeness (QED) is 0.433. The SMILES string of the molecule is CC[PH+](CC)CC.[Mg+2].[O-][B][O-].[OH-]. The van der Waals surface area contributed by atoms with E-state index < -0.39 is 7.69 Å². The molecule has 0 amide bonds. The summed E-state index contributed by atoms with van der Waals surface area (Å²) < 4.78 is 0. The van der Waals surface area contributed by atoms with Crippen LogP contribution in [0.5, 0.6) is 0 Å². The van der Waals surface area contributed by atoms with E-state index in [4.69, 9.17) is 10.0 Å². The molecule has 0 aromatic carbocycles. The van der Waals surface area contributed by atoms with E-state index in [-0.39, 0.29) is 36.5 Å². The maximum absolute atomic E-state index is 8.25. The first kappa shape index (κ1) is 23.2. The Bertz CT molecular complexity index is 52.5. The molecule has 0 fully saturated rings. The number of hydrogen-bond donors (Lipinski definition) is 0. The van der Waals surface area contributed by atoms with E-state index in [1.165, 1.54) is 18.5 Å². The van der Waals surface area contributed by atoms with Gasteiger partial charge >= 0.3 is 23.1 Å². The molecule has 0 saturated carbocycles. The summed E-state index contributed by atoms with van der Waals surface area (Å²) in [6, 6.07) is 0. The Morgan fingerprint density at radius 2 is 1.17 bits per heavy atom. The minimum absolute atomic E-state index is 0. The molecule has 0 bridgehead atoms. The van der Waals surface area contributed by atoms with Crippen LogP contribution in [-0.4, -0.2) is 54.7 Å². The molecule has 1 N–H and O–H groups in total. The third-order valence-corrected chi connectivity index (χ3v) is 4.50. The molecule has 0 rings (SSSR count). The average Bonchev–Trinajstić information content (AvgIpc) is 1.93. The van der Waals surface area contributed by atoms with Gasteiger partial charge in [0.1, 0.15) is 0 Å². The van der Waals surface area contributed by atoms with E-state index >= 15 is 0 Å². The summed E-state index contributed by atoms with van der Waals surface area (Å²) >= 11 is 0. The van der Waals surface area contributed by atoms with Crippen LogP contribution in [0.1, 0.15) is 20.8 Å². The van der Waals surface area contributed by atoms with Gasteiger partial charge in [0.2, 0.25) is 0 Å². The fourth-order valence-electron chi connectivity index (χ4n) is 0.750. The maximum Gasteiger partial charge on any atom is 2.00 e.